The minimum Gasteiger partial charge on any atom is -0.386 e. The molecule has 0 aliphatic carbocycles. The van der Waals surface area contributed by atoms with Gasteiger partial charge in [-0.2, -0.15) is 5.10 Å². The first-order chi connectivity index (χ1) is 11.5. The van der Waals surface area contributed by atoms with E-state index >= 15 is 0 Å². The molecule has 122 valence electrons. The molecule has 1 N–H and O–H groups in total. The van der Waals surface area contributed by atoms with Gasteiger partial charge in [-0.3, -0.25) is 4.79 Å². The summed E-state index contributed by atoms with van der Waals surface area (Å²) in [6.45, 7) is -0.00574. The monoisotopic (exact) mass is 344 g/mol. The van der Waals surface area contributed by atoms with Crippen LogP contribution in [-0.2, 0) is 6.54 Å². The number of nitrogens with zero attached hydrogens (tertiary/aromatic N) is 2. The molecular weight excluding hydrogens is 331 g/mol. The number of aliphatic hydroxyl groups is 1. The van der Waals surface area contributed by atoms with Gasteiger partial charge in [-0.1, -0.05) is 23.7 Å². The Morgan fingerprint density at radius 1 is 1.12 bits per heavy atom. The maximum absolute atomic E-state index is 13.0. The summed E-state index contributed by atoms with van der Waals surface area (Å²) >= 11 is 5.92. The molecule has 0 aliphatic heterocycles. The molecule has 0 fully saturated rings. The normalized spacial score (nSPS) is 12.1. The molecule has 0 spiro atoms. The molecule has 1 heterocycles. The molecule has 0 saturated carbocycles. The molecule has 3 aromatic rings. The molecule has 0 amide bonds. The summed E-state index contributed by atoms with van der Waals surface area (Å²) in [5, 5.41) is 15.1. The van der Waals surface area contributed by atoms with Crippen molar-refractivity contribution < 1.29 is 9.50 Å². The third-order valence-corrected chi connectivity index (χ3v) is 3.82. The number of hydrogen-bond acceptors (Lipinski definition) is 3. The Kier molecular flexibility index (Phi) is 4.74. The summed E-state index contributed by atoms with van der Waals surface area (Å²) in [5.74, 6) is -0.344. The van der Waals surface area contributed by atoms with Crippen LogP contribution in [0.3, 0.4) is 0 Å². The van der Waals surface area contributed by atoms with E-state index in [2.05, 4.69) is 5.10 Å². The smallest absolute Gasteiger partial charge is 0.266 e. The number of hydrogen-bond donors (Lipinski definition) is 1. The van der Waals surface area contributed by atoms with Crippen LogP contribution in [0.25, 0.3) is 11.3 Å². The fraction of sp³-hybridized carbons (Fsp3) is 0.111. The first kappa shape index (κ1) is 16.4. The second-order valence-corrected chi connectivity index (χ2v) is 5.75. The third-order valence-electron chi connectivity index (χ3n) is 3.59. The average Bonchev–Trinajstić information content (AvgIpc) is 2.57. The Balaban J connectivity index is 1.89. The van der Waals surface area contributed by atoms with Crippen LogP contribution in [0.15, 0.2) is 65.5 Å². The van der Waals surface area contributed by atoms with E-state index in [1.165, 1.54) is 22.9 Å². The Morgan fingerprint density at radius 2 is 1.88 bits per heavy atom. The van der Waals surface area contributed by atoms with E-state index in [9.17, 15) is 14.3 Å². The lowest BCUT2D eigenvalue weighted by molar-refractivity contribution is 0.149. The van der Waals surface area contributed by atoms with Gasteiger partial charge < -0.3 is 5.11 Å². The number of benzene rings is 2. The minimum absolute atomic E-state index is 0.00574. The lowest BCUT2D eigenvalue weighted by atomic mass is 10.1. The van der Waals surface area contributed by atoms with Gasteiger partial charge in [0.1, 0.15) is 5.82 Å². The summed E-state index contributed by atoms with van der Waals surface area (Å²) < 4.78 is 14.2. The molecule has 0 bridgehead atoms. The Morgan fingerprint density at radius 3 is 2.58 bits per heavy atom. The highest BCUT2D eigenvalue weighted by Crippen LogP contribution is 2.19. The van der Waals surface area contributed by atoms with Gasteiger partial charge in [-0.15, -0.1) is 0 Å². The second-order valence-electron chi connectivity index (χ2n) is 5.32. The van der Waals surface area contributed by atoms with Crippen LogP contribution in [0.1, 0.15) is 11.7 Å². The van der Waals surface area contributed by atoms with E-state index in [1.807, 2.05) is 0 Å². The van der Waals surface area contributed by atoms with Crippen molar-refractivity contribution in [2.45, 2.75) is 12.6 Å². The van der Waals surface area contributed by atoms with Crippen LogP contribution >= 0.6 is 11.6 Å². The van der Waals surface area contributed by atoms with Gasteiger partial charge in [0.15, 0.2) is 0 Å². The number of aromatic nitrogens is 2. The first-order valence-electron chi connectivity index (χ1n) is 7.30. The molecule has 2 aromatic carbocycles. The fourth-order valence-electron chi connectivity index (χ4n) is 2.34. The van der Waals surface area contributed by atoms with Crippen molar-refractivity contribution in [1.29, 1.82) is 0 Å². The number of rotatable bonds is 4. The highest BCUT2D eigenvalue weighted by molar-refractivity contribution is 6.30. The Labute approximate surface area is 142 Å². The van der Waals surface area contributed by atoms with Crippen LogP contribution in [0.5, 0.6) is 0 Å². The van der Waals surface area contributed by atoms with E-state index in [4.69, 9.17) is 11.6 Å². The van der Waals surface area contributed by atoms with Gasteiger partial charge in [0.05, 0.1) is 18.3 Å². The lowest BCUT2D eigenvalue weighted by Crippen LogP contribution is -2.25. The average molecular weight is 345 g/mol. The number of aliphatic hydroxyl groups excluding tert-OH is 1. The zero-order valence-corrected chi connectivity index (χ0v) is 13.3. The van der Waals surface area contributed by atoms with Gasteiger partial charge >= 0.3 is 0 Å². The molecular formula is C18H14ClFN2O2. The first-order valence-corrected chi connectivity index (χ1v) is 7.68. The lowest BCUT2D eigenvalue weighted by Gasteiger charge is -2.13. The standard InChI is InChI=1S/C18H14ClFN2O2/c19-14-3-1-2-13(10-14)17(23)11-22-18(24)9-8-16(21-22)12-4-6-15(20)7-5-12/h1-10,17,23H,11H2. The number of halogens is 2. The van der Waals surface area contributed by atoms with E-state index in [-0.39, 0.29) is 17.9 Å². The quantitative estimate of drug-likeness (QED) is 0.788. The van der Waals surface area contributed by atoms with Crippen molar-refractivity contribution in [3.8, 4) is 11.3 Å². The van der Waals surface area contributed by atoms with Crippen molar-refractivity contribution in [3.05, 3.63) is 87.4 Å². The van der Waals surface area contributed by atoms with E-state index in [0.717, 1.165) is 0 Å². The second kappa shape index (κ2) is 6.95. The van der Waals surface area contributed by atoms with Crippen molar-refractivity contribution >= 4 is 11.6 Å². The van der Waals surface area contributed by atoms with Gasteiger partial charge in [-0.25, -0.2) is 9.07 Å². The van der Waals surface area contributed by atoms with Gasteiger partial charge in [-0.05, 0) is 48.0 Å². The van der Waals surface area contributed by atoms with Crippen LogP contribution in [0.2, 0.25) is 5.02 Å². The zero-order valence-electron chi connectivity index (χ0n) is 12.6. The predicted molar refractivity (Wildman–Crippen MR) is 90.3 cm³/mol. The van der Waals surface area contributed by atoms with Crippen molar-refractivity contribution in [1.82, 2.24) is 9.78 Å². The highest BCUT2D eigenvalue weighted by Gasteiger charge is 2.12. The molecule has 0 saturated heterocycles. The van der Waals surface area contributed by atoms with Crippen molar-refractivity contribution in [2.24, 2.45) is 0 Å². The molecule has 1 aromatic heterocycles. The molecule has 6 heteroatoms. The summed E-state index contributed by atoms with van der Waals surface area (Å²) in [5.41, 5.74) is 1.47. The highest BCUT2D eigenvalue weighted by atomic mass is 35.5. The minimum atomic E-state index is -0.919. The molecule has 1 unspecified atom stereocenters. The van der Waals surface area contributed by atoms with Gasteiger partial charge in [0, 0.05) is 16.7 Å². The fourth-order valence-corrected chi connectivity index (χ4v) is 2.54. The SMILES string of the molecule is O=c1ccc(-c2ccc(F)cc2)nn1CC(O)c1cccc(Cl)c1. The Bertz CT molecular complexity index is 909. The summed E-state index contributed by atoms with van der Waals surface area (Å²) in [6.07, 6.45) is -0.919. The Hall–Kier alpha value is -2.50. The molecule has 0 aliphatic rings. The molecule has 4 nitrogen and oxygen atoms in total. The van der Waals surface area contributed by atoms with Crippen LogP contribution in [0.4, 0.5) is 4.39 Å². The summed E-state index contributed by atoms with van der Waals surface area (Å²) in [7, 11) is 0. The van der Waals surface area contributed by atoms with Crippen molar-refractivity contribution in [3.63, 3.8) is 0 Å². The maximum atomic E-state index is 13.0. The largest absolute Gasteiger partial charge is 0.386 e. The zero-order chi connectivity index (χ0) is 17.1. The maximum Gasteiger partial charge on any atom is 0.266 e. The van der Waals surface area contributed by atoms with Crippen LogP contribution < -0.4 is 5.56 Å². The van der Waals surface area contributed by atoms with E-state index < -0.39 is 6.10 Å². The predicted octanol–water partition coefficient (Wildman–Crippen LogP) is 3.44. The third kappa shape index (κ3) is 3.69. The summed E-state index contributed by atoms with van der Waals surface area (Å²) in [6, 6.07) is 15.6. The van der Waals surface area contributed by atoms with Gasteiger partial charge in [0.2, 0.25) is 0 Å². The van der Waals surface area contributed by atoms with Crippen LogP contribution in [-0.4, -0.2) is 14.9 Å². The van der Waals surface area contributed by atoms with E-state index in [0.29, 0.717) is 21.8 Å². The van der Waals surface area contributed by atoms with Gasteiger partial charge in [0.25, 0.3) is 5.56 Å². The molecule has 3 rings (SSSR count). The summed E-state index contributed by atoms with van der Waals surface area (Å²) in [4.78, 5) is 12.0. The van der Waals surface area contributed by atoms with Crippen molar-refractivity contribution in [2.75, 3.05) is 0 Å². The molecule has 1 atom stereocenters. The molecule has 24 heavy (non-hydrogen) atoms. The molecule has 0 radical (unpaired) electrons. The van der Waals surface area contributed by atoms with E-state index in [1.54, 1.807) is 42.5 Å². The topological polar surface area (TPSA) is 55.1 Å². The van der Waals surface area contributed by atoms with Crippen LogP contribution in [0, 0.1) is 5.82 Å².